The van der Waals surface area contributed by atoms with E-state index in [2.05, 4.69) is 5.10 Å². The van der Waals surface area contributed by atoms with Crippen molar-refractivity contribution in [2.75, 3.05) is 26.2 Å². The predicted molar refractivity (Wildman–Crippen MR) is 91.2 cm³/mol. The van der Waals surface area contributed by atoms with Gasteiger partial charge in [-0.3, -0.25) is 9.48 Å². The Balaban J connectivity index is 1.89. The summed E-state index contributed by atoms with van der Waals surface area (Å²) in [6.45, 7) is 7.78. The second kappa shape index (κ2) is 7.51. The van der Waals surface area contributed by atoms with Crippen molar-refractivity contribution in [3.05, 3.63) is 24.0 Å². The zero-order valence-electron chi connectivity index (χ0n) is 14.9. The van der Waals surface area contributed by atoms with Crippen LogP contribution in [0.25, 0.3) is 6.08 Å². The summed E-state index contributed by atoms with van der Waals surface area (Å²) in [6, 6.07) is 0. The third-order valence-electron chi connectivity index (χ3n) is 3.60. The number of rotatable bonds is 2. The minimum absolute atomic E-state index is 0.0510. The Morgan fingerprint density at radius 3 is 2.46 bits per heavy atom. The van der Waals surface area contributed by atoms with Crippen molar-refractivity contribution in [1.29, 1.82) is 0 Å². The van der Waals surface area contributed by atoms with Gasteiger partial charge in [0.05, 0.1) is 6.20 Å². The van der Waals surface area contributed by atoms with Gasteiger partial charge in [0.25, 0.3) is 0 Å². The summed E-state index contributed by atoms with van der Waals surface area (Å²) in [6.07, 6.45) is 7.28. The van der Waals surface area contributed by atoms with Crippen LogP contribution in [0.3, 0.4) is 0 Å². The van der Waals surface area contributed by atoms with E-state index in [1.54, 1.807) is 32.8 Å². The second-order valence-electron chi connectivity index (χ2n) is 6.93. The summed E-state index contributed by atoms with van der Waals surface area (Å²) in [5.74, 6) is -0.0510. The highest BCUT2D eigenvalue weighted by Gasteiger charge is 2.25. The molecule has 1 aromatic rings. The van der Waals surface area contributed by atoms with Gasteiger partial charge in [-0.2, -0.15) is 5.10 Å². The highest BCUT2D eigenvalue weighted by Crippen LogP contribution is 2.12. The molecule has 2 rings (SSSR count). The third-order valence-corrected chi connectivity index (χ3v) is 3.60. The fourth-order valence-electron chi connectivity index (χ4n) is 2.45. The van der Waals surface area contributed by atoms with E-state index < -0.39 is 5.60 Å². The number of carbonyl (C=O) groups excluding carboxylic acids is 2. The van der Waals surface area contributed by atoms with E-state index in [0.717, 1.165) is 12.0 Å². The van der Waals surface area contributed by atoms with Crippen molar-refractivity contribution in [3.8, 4) is 0 Å². The third kappa shape index (κ3) is 5.40. The van der Waals surface area contributed by atoms with Gasteiger partial charge in [0.1, 0.15) is 5.60 Å². The SMILES string of the molecule is Cn1cc(/C=C\C(=O)N2CCCN(C(=O)OC(C)(C)C)CC2)cn1. The molecular weight excluding hydrogens is 308 g/mol. The predicted octanol–water partition coefficient (Wildman–Crippen LogP) is 1.90. The number of aromatic nitrogens is 2. The molecule has 0 N–H and O–H groups in total. The van der Waals surface area contributed by atoms with Gasteiger partial charge >= 0.3 is 6.09 Å². The van der Waals surface area contributed by atoms with E-state index in [0.29, 0.717) is 26.2 Å². The van der Waals surface area contributed by atoms with E-state index in [-0.39, 0.29) is 12.0 Å². The molecule has 0 aliphatic carbocycles. The second-order valence-corrected chi connectivity index (χ2v) is 6.93. The highest BCUT2D eigenvalue weighted by molar-refractivity contribution is 5.91. The average Bonchev–Trinajstić information content (AvgIpc) is 2.74. The molecule has 1 saturated heterocycles. The summed E-state index contributed by atoms with van der Waals surface area (Å²) in [7, 11) is 1.83. The molecule has 1 aliphatic rings. The number of nitrogens with zero attached hydrogens (tertiary/aromatic N) is 4. The van der Waals surface area contributed by atoms with Crippen LogP contribution in [0.15, 0.2) is 18.5 Å². The average molecular weight is 334 g/mol. The number of ether oxygens (including phenoxy) is 1. The van der Waals surface area contributed by atoms with E-state index in [4.69, 9.17) is 4.74 Å². The fourth-order valence-corrected chi connectivity index (χ4v) is 2.45. The van der Waals surface area contributed by atoms with Crippen molar-refractivity contribution in [2.24, 2.45) is 7.05 Å². The van der Waals surface area contributed by atoms with Crippen LogP contribution in [0.1, 0.15) is 32.8 Å². The van der Waals surface area contributed by atoms with E-state index in [9.17, 15) is 9.59 Å². The van der Waals surface area contributed by atoms with Gasteiger partial charge in [-0.15, -0.1) is 0 Å². The molecule has 0 aromatic carbocycles. The molecule has 2 heterocycles. The minimum Gasteiger partial charge on any atom is -0.444 e. The Hall–Kier alpha value is -2.31. The fraction of sp³-hybridized carbons (Fsp3) is 0.588. The van der Waals surface area contributed by atoms with Gasteiger partial charge in [0.2, 0.25) is 5.91 Å². The van der Waals surface area contributed by atoms with Crippen LogP contribution in [-0.2, 0) is 16.6 Å². The lowest BCUT2D eigenvalue weighted by atomic mass is 10.2. The lowest BCUT2D eigenvalue weighted by Gasteiger charge is -2.26. The van der Waals surface area contributed by atoms with Gasteiger partial charge in [0, 0.05) is 51.1 Å². The smallest absolute Gasteiger partial charge is 0.410 e. The first-order chi connectivity index (χ1) is 11.2. The van der Waals surface area contributed by atoms with E-state index >= 15 is 0 Å². The van der Waals surface area contributed by atoms with E-state index in [1.165, 1.54) is 0 Å². The van der Waals surface area contributed by atoms with Crippen molar-refractivity contribution < 1.29 is 14.3 Å². The molecule has 1 fully saturated rings. The zero-order valence-corrected chi connectivity index (χ0v) is 14.9. The molecule has 7 heteroatoms. The molecule has 0 atom stereocenters. The highest BCUT2D eigenvalue weighted by atomic mass is 16.6. The van der Waals surface area contributed by atoms with E-state index in [1.807, 2.05) is 34.0 Å². The Labute approximate surface area is 142 Å². The Morgan fingerprint density at radius 1 is 1.17 bits per heavy atom. The minimum atomic E-state index is -0.509. The molecule has 1 aliphatic heterocycles. The molecule has 0 radical (unpaired) electrons. The normalized spacial score (nSPS) is 16.3. The summed E-state index contributed by atoms with van der Waals surface area (Å²) >= 11 is 0. The monoisotopic (exact) mass is 334 g/mol. The van der Waals surface area contributed by atoms with Crippen LogP contribution < -0.4 is 0 Å². The Bertz CT molecular complexity index is 616. The molecular formula is C17H26N4O3. The number of hydrogen-bond acceptors (Lipinski definition) is 4. The lowest BCUT2D eigenvalue weighted by Crippen LogP contribution is -2.39. The first-order valence-corrected chi connectivity index (χ1v) is 8.18. The molecule has 1 aromatic heterocycles. The maximum atomic E-state index is 12.3. The van der Waals surface area contributed by atoms with Crippen LogP contribution in [-0.4, -0.2) is 63.4 Å². The molecule has 7 nitrogen and oxygen atoms in total. The quantitative estimate of drug-likeness (QED) is 0.775. The molecule has 0 saturated carbocycles. The lowest BCUT2D eigenvalue weighted by molar-refractivity contribution is -0.125. The first kappa shape index (κ1) is 18.0. The standard InChI is InChI=1S/C17H26N4O3/c1-17(2,3)24-16(23)21-9-5-8-20(10-11-21)15(22)7-6-14-12-18-19(4)13-14/h6-7,12-13H,5,8-11H2,1-4H3/b7-6-. The number of aryl methyl sites for hydroxylation is 1. The van der Waals surface area contributed by atoms with Gasteiger partial charge in [-0.25, -0.2) is 4.79 Å². The van der Waals surface area contributed by atoms with Crippen molar-refractivity contribution in [3.63, 3.8) is 0 Å². The summed E-state index contributed by atoms with van der Waals surface area (Å²) in [5, 5.41) is 4.06. The molecule has 0 spiro atoms. The van der Waals surface area contributed by atoms with Crippen LogP contribution in [0.2, 0.25) is 0 Å². The largest absolute Gasteiger partial charge is 0.444 e. The number of hydrogen-bond donors (Lipinski definition) is 0. The van der Waals surface area contributed by atoms with Crippen LogP contribution in [0.5, 0.6) is 0 Å². The van der Waals surface area contributed by atoms with Crippen LogP contribution in [0, 0.1) is 0 Å². The van der Waals surface area contributed by atoms with Crippen molar-refractivity contribution >= 4 is 18.1 Å². The zero-order chi connectivity index (χ0) is 17.7. The molecule has 24 heavy (non-hydrogen) atoms. The Morgan fingerprint density at radius 2 is 1.83 bits per heavy atom. The molecule has 0 unspecified atom stereocenters. The number of carbonyl (C=O) groups is 2. The topological polar surface area (TPSA) is 67.7 Å². The summed E-state index contributed by atoms with van der Waals surface area (Å²) in [5.41, 5.74) is 0.377. The number of amides is 2. The maximum absolute atomic E-state index is 12.3. The first-order valence-electron chi connectivity index (χ1n) is 8.18. The maximum Gasteiger partial charge on any atom is 0.410 e. The molecule has 2 amide bonds. The summed E-state index contributed by atoms with van der Waals surface area (Å²) < 4.78 is 7.09. The van der Waals surface area contributed by atoms with Gasteiger partial charge in [-0.05, 0) is 33.3 Å². The Kier molecular flexibility index (Phi) is 5.64. The van der Waals surface area contributed by atoms with Gasteiger partial charge < -0.3 is 14.5 Å². The van der Waals surface area contributed by atoms with Gasteiger partial charge in [0.15, 0.2) is 0 Å². The van der Waals surface area contributed by atoms with Crippen LogP contribution >= 0.6 is 0 Å². The van der Waals surface area contributed by atoms with Crippen molar-refractivity contribution in [2.45, 2.75) is 32.8 Å². The van der Waals surface area contributed by atoms with Crippen molar-refractivity contribution in [1.82, 2.24) is 19.6 Å². The van der Waals surface area contributed by atoms with Gasteiger partial charge in [-0.1, -0.05) is 0 Å². The summed E-state index contributed by atoms with van der Waals surface area (Å²) in [4.78, 5) is 27.9. The molecule has 0 bridgehead atoms. The molecule has 132 valence electrons. The van der Waals surface area contributed by atoms with Crippen LogP contribution in [0.4, 0.5) is 4.79 Å².